The number of carbonyl (C=O) groups excluding carboxylic acids is 1. The largest absolute Gasteiger partial charge is 0.361 e. The summed E-state index contributed by atoms with van der Waals surface area (Å²) in [4.78, 5) is 17.4. The van der Waals surface area contributed by atoms with Crippen LogP contribution in [0.2, 0.25) is 0 Å². The molecule has 0 bridgehead atoms. The fraction of sp³-hybridized carbons (Fsp3) is 0.429. The average Bonchev–Trinajstić information content (AvgIpc) is 3.15. The van der Waals surface area contributed by atoms with Crippen molar-refractivity contribution < 1.29 is 13.7 Å². The average molecular weight is 369 g/mol. The van der Waals surface area contributed by atoms with E-state index in [0.29, 0.717) is 23.6 Å². The lowest BCUT2D eigenvalue weighted by Crippen LogP contribution is -2.46. The predicted molar refractivity (Wildman–Crippen MR) is 102 cm³/mol. The van der Waals surface area contributed by atoms with Crippen molar-refractivity contribution in [1.82, 2.24) is 10.1 Å². The maximum absolute atomic E-state index is 14.1. The first-order chi connectivity index (χ1) is 12.9. The van der Waals surface area contributed by atoms with Gasteiger partial charge in [0.2, 0.25) is 0 Å². The van der Waals surface area contributed by atoms with Crippen LogP contribution in [0.15, 0.2) is 35.4 Å². The Balaban J connectivity index is 1.71. The van der Waals surface area contributed by atoms with E-state index < -0.39 is 0 Å². The number of fused-ring (bicyclic) bond motifs is 2. The Morgan fingerprint density at radius 1 is 1.37 bits per heavy atom. The van der Waals surface area contributed by atoms with E-state index in [9.17, 15) is 9.18 Å². The smallest absolute Gasteiger partial charge is 0.263 e. The summed E-state index contributed by atoms with van der Waals surface area (Å²) in [5, 5.41) is 3.91. The van der Waals surface area contributed by atoms with Crippen molar-refractivity contribution in [2.45, 2.75) is 32.1 Å². The van der Waals surface area contributed by atoms with Crippen molar-refractivity contribution in [3.63, 3.8) is 0 Å². The van der Waals surface area contributed by atoms with Crippen LogP contribution in [0.4, 0.5) is 10.1 Å². The molecule has 1 amide bonds. The topological polar surface area (TPSA) is 49.6 Å². The first kappa shape index (κ1) is 17.9. The van der Waals surface area contributed by atoms with Gasteiger partial charge in [-0.05, 0) is 63.5 Å². The molecule has 1 aromatic heterocycles. The predicted octanol–water partition coefficient (Wildman–Crippen LogP) is 3.61. The van der Waals surface area contributed by atoms with E-state index in [2.05, 4.69) is 16.6 Å². The third-order valence-corrected chi connectivity index (χ3v) is 5.97. The number of carbonyl (C=O) groups is 1. The van der Waals surface area contributed by atoms with Crippen LogP contribution in [0.1, 0.15) is 40.2 Å². The summed E-state index contributed by atoms with van der Waals surface area (Å²) in [6.07, 6.45) is 3.69. The summed E-state index contributed by atoms with van der Waals surface area (Å²) in [6, 6.07) is 4.77. The van der Waals surface area contributed by atoms with Crippen molar-refractivity contribution in [3.05, 3.63) is 59.3 Å². The molecule has 1 fully saturated rings. The number of aromatic nitrogens is 1. The molecule has 2 aromatic rings. The molecule has 0 N–H and O–H groups in total. The summed E-state index contributed by atoms with van der Waals surface area (Å²) in [5.41, 5.74) is 2.64. The first-order valence-corrected chi connectivity index (χ1v) is 9.33. The number of rotatable bonds is 3. The van der Waals surface area contributed by atoms with Gasteiger partial charge in [0.05, 0.1) is 5.69 Å². The van der Waals surface area contributed by atoms with E-state index >= 15 is 0 Å². The van der Waals surface area contributed by atoms with Gasteiger partial charge in [-0.15, -0.1) is 6.58 Å². The summed E-state index contributed by atoms with van der Waals surface area (Å²) in [5.74, 6) is 0.140. The summed E-state index contributed by atoms with van der Waals surface area (Å²) < 4.78 is 19.3. The zero-order valence-electron chi connectivity index (χ0n) is 15.8. The van der Waals surface area contributed by atoms with Crippen molar-refractivity contribution in [1.29, 1.82) is 0 Å². The molecule has 5 nitrogen and oxygen atoms in total. The maximum Gasteiger partial charge on any atom is 0.263 e. The molecule has 4 rings (SSSR count). The minimum absolute atomic E-state index is 0.121. The highest BCUT2D eigenvalue weighted by molar-refractivity contribution is 6.09. The summed E-state index contributed by atoms with van der Waals surface area (Å²) in [6.45, 7) is 10.6. The van der Waals surface area contributed by atoms with Gasteiger partial charge in [0, 0.05) is 24.2 Å². The van der Waals surface area contributed by atoms with Crippen LogP contribution in [0.3, 0.4) is 0 Å². The van der Waals surface area contributed by atoms with Gasteiger partial charge in [-0.3, -0.25) is 9.69 Å². The molecule has 2 aliphatic heterocycles. The number of hydrogen-bond donors (Lipinski definition) is 0. The molecule has 142 valence electrons. The van der Waals surface area contributed by atoms with Gasteiger partial charge >= 0.3 is 0 Å². The van der Waals surface area contributed by atoms with Gasteiger partial charge in [0.25, 0.3) is 5.91 Å². The second-order valence-electron chi connectivity index (χ2n) is 7.62. The standard InChI is InChI=1S/C21H24FN3O2/c1-4-9-24-10-7-21(8-11-24)13-25(18-6-5-16(22)12-17(18)21)20(26)19-14(2)23-27-15(19)3/h4-6,12H,1,7-11,13H2,2-3H3. The highest BCUT2D eigenvalue weighted by Crippen LogP contribution is 2.47. The van der Waals surface area contributed by atoms with Crippen LogP contribution in [0.5, 0.6) is 0 Å². The molecule has 3 heterocycles. The fourth-order valence-corrected chi connectivity index (χ4v) is 4.52. The molecular weight excluding hydrogens is 345 g/mol. The molecule has 27 heavy (non-hydrogen) atoms. The van der Waals surface area contributed by atoms with Crippen molar-refractivity contribution in [2.75, 3.05) is 31.1 Å². The summed E-state index contributed by atoms with van der Waals surface area (Å²) >= 11 is 0. The molecule has 2 aliphatic rings. The zero-order chi connectivity index (χ0) is 19.2. The van der Waals surface area contributed by atoms with Crippen molar-refractivity contribution in [3.8, 4) is 0 Å². The van der Waals surface area contributed by atoms with E-state index in [-0.39, 0.29) is 17.1 Å². The maximum atomic E-state index is 14.1. The SMILES string of the molecule is C=CCN1CCC2(CC1)CN(C(=O)c1c(C)noc1C)c1ccc(F)cc12. The van der Waals surface area contributed by atoms with Crippen LogP contribution in [0, 0.1) is 19.7 Å². The number of halogens is 1. The van der Waals surface area contributed by atoms with Gasteiger partial charge in [0.15, 0.2) is 0 Å². The highest BCUT2D eigenvalue weighted by Gasteiger charge is 2.47. The van der Waals surface area contributed by atoms with Crippen LogP contribution in [-0.2, 0) is 5.41 Å². The molecule has 0 aliphatic carbocycles. The third kappa shape index (κ3) is 2.88. The lowest BCUT2D eigenvalue weighted by Gasteiger charge is -2.39. The van der Waals surface area contributed by atoms with E-state index in [1.54, 1.807) is 30.9 Å². The minimum atomic E-state index is -0.256. The first-order valence-electron chi connectivity index (χ1n) is 9.33. The molecule has 0 atom stereocenters. The van der Waals surface area contributed by atoms with Crippen molar-refractivity contribution >= 4 is 11.6 Å². The monoisotopic (exact) mass is 369 g/mol. The van der Waals surface area contributed by atoms with Gasteiger partial charge < -0.3 is 9.42 Å². The van der Waals surface area contributed by atoms with Crippen LogP contribution < -0.4 is 4.90 Å². The molecule has 0 saturated carbocycles. The Hall–Kier alpha value is -2.47. The number of hydrogen-bond acceptors (Lipinski definition) is 4. The lowest BCUT2D eigenvalue weighted by atomic mass is 9.74. The van der Waals surface area contributed by atoms with E-state index in [0.717, 1.165) is 43.7 Å². The molecule has 6 heteroatoms. The van der Waals surface area contributed by atoms with Crippen molar-refractivity contribution in [2.24, 2.45) is 0 Å². The number of amides is 1. The second-order valence-corrected chi connectivity index (χ2v) is 7.62. The number of piperidine rings is 1. The Morgan fingerprint density at radius 3 is 2.74 bits per heavy atom. The van der Waals surface area contributed by atoms with Crippen LogP contribution >= 0.6 is 0 Å². The Kier molecular flexibility index (Phi) is 4.38. The molecule has 0 unspecified atom stereocenters. The van der Waals surface area contributed by atoms with Gasteiger partial charge in [-0.2, -0.15) is 0 Å². The number of likely N-dealkylation sites (tertiary alicyclic amines) is 1. The van der Waals surface area contributed by atoms with Crippen LogP contribution in [0.25, 0.3) is 0 Å². The molecular formula is C21H24FN3O2. The number of nitrogens with zero attached hydrogens (tertiary/aromatic N) is 3. The fourth-order valence-electron chi connectivity index (χ4n) is 4.52. The number of aryl methyl sites for hydroxylation is 2. The molecule has 0 radical (unpaired) electrons. The lowest BCUT2D eigenvalue weighted by molar-refractivity contribution is 0.0976. The Bertz CT molecular complexity index is 877. The normalized spacial score (nSPS) is 18.7. The zero-order valence-corrected chi connectivity index (χ0v) is 15.8. The van der Waals surface area contributed by atoms with E-state index in [1.165, 1.54) is 6.07 Å². The van der Waals surface area contributed by atoms with Gasteiger partial charge in [-0.1, -0.05) is 11.2 Å². The molecule has 1 aromatic carbocycles. The van der Waals surface area contributed by atoms with E-state index in [4.69, 9.17) is 4.52 Å². The number of anilines is 1. The Labute approximate surface area is 158 Å². The molecule has 1 saturated heterocycles. The summed E-state index contributed by atoms with van der Waals surface area (Å²) in [7, 11) is 0. The molecule has 1 spiro atoms. The van der Waals surface area contributed by atoms with Crippen LogP contribution in [-0.4, -0.2) is 42.1 Å². The quantitative estimate of drug-likeness (QED) is 0.776. The number of benzene rings is 1. The second kappa shape index (κ2) is 6.60. The van der Waals surface area contributed by atoms with E-state index in [1.807, 2.05) is 6.08 Å². The van der Waals surface area contributed by atoms with Gasteiger partial charge in [-0.25, -0.2) is 4.39 Å². The third-order valence-electron chi connectivity index (χ3n) is 5.97. The van der Waals surface area contributed by atoms with Gasteiger partial charge in [0.1, 0.15) is 17.1 Å². The Morgan fingerprint density at radius 2 is 2.11 bits per heavy atom. The minimum Gasteiger partial charge on any atom is -0.361 e. The highest BCUT2D eigenvalue weighted by atomic mass is 19.1.